The third-order valence-corrected chi connectivity index (χ3v) is 7.45. The Morgan fingerprint density at radius 2 is 1.47 bits per heavy atom. The molecule has 4 aliphatic carbocycles. The summed E-state index contributed by atoms with van der Waals surface area (Å²) in [6.45, 7) is 2.00. The first kappa shape index (κ1) is 21.3. The Morgan fingerprint density at radius 1 is 1.00 bits per heavy atom. The van der Waals surface area contributed by atoms with E-state index >= 15 is 0 Å². The molecular weight excluding hydrogens is 420 g/mol. The van der Waals surface area contributed by atoms with Gasteiger partial charge in [0.2, 0.25) is 11.6 Å². The summed E-state index contributed by atoms with van der Waals surface area (Å²) >= 11 is 5.16. The Balaban J connectivity index is 1.47. The summed E-state index contributed by atoms with van der Waals surface area (Å²) < 4.78 is 60.5. The first-order valence-corrected chi connectivity index (χ1v) is 10.6. The molecule has 4 bridgehead atoms. The number of carbonyl (C=O) groups is 1. The molecule has 1 aromatic rings. The number of methoxy groups -OCH3 is 1. The van der Waals surface area contributed by atoms with Crippen molar-refractivity contribution in [1.82, 2.24) is 10.6 Å². The molecular formula is C21H24F4N2O2S. The predicted octanol–water partition coefficient (Wildman–Crippen LogP) is 4.46. The van der Waals surface area contributed by atoms with E-state index in [-0.39, 0.29) is 16.6 Å². The number of halogens is 4. The van der Waals surface area contributed by atoms with Crippen molar-refractivity contribution in [2.45, 2.75) is 51.5 Å². The molecule has 2 N–H and O–H groups in total. The van der Waals surface area contributed by atoms with Crippen molar-refractivity contribution >= 4 is 23.2 Å². The summed E-state index contributed by atoms with van der Waals surface area (Å²) in [7, 11) is 0.866. The maximum Gasteiger partial charge on any atom is 0.263 e. The van der Waals surface area contributed by atoms with Crippen LogP contribution < -0.4 is 15.4 Å². The molecule has 0 saturated heterocycles. The highest BCUT2D eigenvalue weighted by Crippen LogP contribution is 2.61. The second-order valence-corrected chi connectivity index (χ2v) is 9.50. The van der Waals surface area contributed by atoms with Gasteiger partial charge < -0.3 is 10.1 Å². The Kier molecular flexibility index (Phi) is 5.45. The van der Waals surface area contributed by atoms with Crippen LogP contribution in [0.2, 0.25) is 0 Å². The van der Waals surface area contributed by atoms with E-state index in [1.54, 1.807) is 0 Å². The zero-order chi connectivity index (χ0) is 21.8. The normalized spacial score (nSPS) is 30.1. The number of nitrogens with one attached hydrogen (secondary N) is 2. The van der Waals surface area contributed by atoms with Gasteiger partial charge in [0.15, 0.2) is 22.5 Å². The van der Waals surface area contributed by atoms with Gasteiger partial charge >= 0.3 is 0 Å². The van der Waals surface area contributed by atoms with Crippen molar-refractivity contribution < 1.29 is 27.1 Å². The number of hydrogen-bond donors (Lipinski definition) is 2. The van der Waals surface area contributed by atoms with E-state index in [2.05, 4.69) is 15.4 Å². The van der Waals surface area contributed by atoms with Crippen LogP contribution in [0.4, 0.5) is 17.6 Å². The van der Waals surface area contributed by atoms with E-state index in [4.69, 9.17) is 12.2 Å². The van der Waals surface area contributed by atoms with Gasteiger partial charge in [0.25, 0.3) is 5.91 Å². The Bertz CT molecular complexity index is 843. The SMILES string of the molecule is COc1c(F)c(F)c(C(=O)NC(=S)NC(C)C23CC4CC(CC(C4)C2)C3)c(F)c1F. The molecule has 4 fully saturated rings. The van der Waals surface area contributed by atoms with Crippen molar-refractivity contribution in [1.29, 1.82) is 0 Å². The second kappa shape index (κ2) is 7.66. The number of amides is 1. The molecule has 0 aromatic heterocycles. The van der Waals surface area contributed by atoms with Crippen LogP contribution in [0.3, 0.4) is 0 Å². The topological polar surface area (TPSA) is 50.4 Å². The van der Waals surface area contributed by atoms with Crippen LogP contribution in [0.1, 0.15) is 55.8 Å². The number of rotatable bonds is 4. The van der Waals surface area contributed by atoms with Gasteiger partial charge in [-0.2, -0.15) is 8.78 Å². The quantitative estimate of drug-likeness (QED) is 0.409. The van der Waals surface area contributed by atoms with Gasteiger partial charge in [-0.15, -0.1) is 0 Å². The van der Waals surface area contributed by atoms with Gasteiger partial charge in [-0.25, -0.2) is 8.78 Å². The summed E-state index contributed by atoms with van der Waals surface area (Å²) in [5, 5.41) is 5.10. The van der Waals surface area contributed by atoms with Crippen LogP contribution in [-0.4, -0.2) is 24.2 Å². The lowest BCUT2D eigenvalue weighted by Gasteiger charge is -2.59. The highest BCUT2D eigenvalue weighted by Gasteiger charge is 2.53. The smallest absolute Gasteiger partial charge is 0.263 e. The number of thiocarbonyl (C=S) groups is 1. The fourth-order valence-corrected chi connectivity index (χ4v) is 6.52. The van der Waals surface area contributed by atoms with Crippen molar-refractivity contribution in [2.24, 2.45) is 23.2 Å². The monoisotopic (exact) mass is 444 g/mol. The molecule has 1 unspecified atom stereocenters. The van der Waals surface area contributed by atoms with Gasteiger partial charge in [-0.3, -0.25) is 10.1 Å². The molecule has 0 spiro atoms. The molecule has 4 aliphatic rings. The average Bonchev–Trinajstić information content (AvgIpc) is 2.66. The predicted molar refractivity (Wildman–Crippen MR) is 106 cm³/mol. The van der Waals surface area contributed by atoms with Crippen LogP contribution in [0.5, 0.6) is 5.75 Å². The zero-order valence-electron chi connectivity index (χ0n) is 16.8. The standard InChI is InChI=1S/C21H24F4N2O2S/c1-9(21-6-10-3-11(7-21)5-12(4-10)8-21)26-20(30)27-19(28)13-14(22)16(24)18(29-2)17(25)15(13)23/h9-12H,3-8H2,1-2H3,(H2,26,27,28,30). The Morgan fingerprint density at radius 3 is 1.90 bits per heavy atom. The van der Waals surface area contributed by atoms with Crippen molar-refractivity contribution in [3.63, 3.8) is 0 Å². The zero-order valence-corrected chi connectivity index (χ0v) is 17.6. The summed E-state index contributed by atoms with van der Waals surface area (Å²) in [5.41, 5.74) is -1.30. The number of benzene rings is 1. The fraction of sp³-hybridized carbons (Fsp3) is 0.619. The molecule has 9 heteroatoms. The lowest BCUT2D eigenvalue weighted by Crippen LogP contribution is -2.57. The minimum Gasteiger partial charge on any atom is -0.491 e. The Hall–Kier alpha value is -1.90. The Labute approximate surface area is 177 Å². The lowest BCUT2D eigenvalue weighted by atomic mass is 9.48. The molecule has 164 valence electrons. The highest BCUT2D eigenvalue weighted by molar-refractivity contribution is 7.80. The van der Waals surface area contributed by atoms with Gasteiger partial charge in [-0.05, 0) is 80.8 Å². The first-order valence-electron chi connectivity index (χ1n) is 10.2. The molecule has 4 nitrogen and oxygen atoms in total. The summed E-state index contributed by atoms with van der Waals surface area (Å²) in [6.07, 6.45) is 7.13. The van der Waals surface area contributed by atoms with E-state index < -0.39 is 40.5 Å². The average molecular weight is 444 g/mol. The molecule has 4 saturated carbocycles. The molecule has 1 amide bonds. The van der Waals surface area contributed by atoms with E-state index in [0.717, 1.165) is 44.1 Å². The summed E-state index contributed by atoms with van der Waals surface area (Å²) in [6, 6.07) is -0.0438. The van der Waals surface area contributed by atoms with Crippen LogP contribution in [0.25, 0.3) is 0 Å². The van der Waals surface area contributed by atoms with Crippen molar-refractivity contribution in [3.8, 4) is 5.75 Å². The molecule has 5 rings (SSSR count). The first-order chi connectivity index (χ1) is 14.1. The minimum absolute atomic E-state index is 0.0438. The van der Waals surface area contributed by atoms with Crippen molar-refractivity contribution in [2.75, 3.05) is 7.11 Å². The van der Waals surface area contributed by atoms with Crippen LogP contribution in [0, 0.1) is 46.4 Å². The molecule has 30 heavy (non-hydrogen) atoms. The third-order valence-electron chi connectivity index (χ3n) is 7.23. The fourth-order valence-electron chi connectivity index (χ4n) is 6.25. The van der Waals surface area contributed by atoms with Crippen LogP contribution in [0.15, 0.2) is 0 Å². The second-order valence-electron chi connectivity index (χ2n) is 9.09. The van der Waals surface area contributed by atoms with Gasteiger partial charge in [0.1, 0.15) is 5.56 Å². The van der Waals surface area contributed by atoms with Gasteiger partial charge in [0, 0.05) is 6.04 Å². The summed E-state index contributed by atoms with van der Waals surface area (Å²) in [5.74, 6) is -7.64. The lowest BCUT2D eigenvalue weighted by molar-refractivity contribution is -0.0672. The number of hydrogen-bond acceptors (Lipinski definition) is 3. The number of carbonyl (C=O) groups excluding carboxylic acids is 1. The van der Waals surface area contributed by atoms with E-state index in [1.807, 2.05) is 6.92 Å². The molecule has 0 radical (unpaired) electrons. The van der Waals surface area contributed by atoms with Crippen LogP contribution >= 0.6 is 12.2 Å². The number of ether oxygens (including phenoxy) is 1. The van der Waals surface area contributed by atoms with Crippen LogP contribution in [-0.2, 0) is 0 Å². The molecule has 1 atom stereocenters. The third kappa shape index (κ3) is 3.44. The van der Waals surface area contributed by atoms with Crippen molar-refractivity contribution in [3.05, 3.63) is 28.8 Å². The van der Waals surface area contributed by atoms with Gasteiger partial charge in [0.05, 0.1) is 7.11 Å². The highest BCUT2D eigenvalue weighted by atomic mass is 32.1. The molecule has 1 aromatic carbocycles. The minimum atomic E-state index is -1.83. The summed E-state index contributed by atoms with van der Waals surface area (Å²) in [4.78, 5) is 12.3. The van der Waals surface area contributed by atoms with E-state index in [9.17, 15) is 22.4 Å². The van der Waals surface area contributed by atoms with E-state index in [1.165, 1.54) is 19.3 Å². The van der Waals surface area contributed by atoms with E-state index in [0.29, 0.717) is 0 Å². The molecule has 0 aliphatic heterocycles. The largest absolute Gasteiger partial charge is 0.491 e. The maximum absolute atomic E-state index is 14.2. The molecule has 0 heterocycles. The van der Waals surface area contributed by atoms with Gasteiger partial charge in [-0.1, -0.05) is 0 Å². The maximum atomic E-state index is 14.2.